The van der Waals surface area contributed by atoms with Gasteiger partial charge in [0.05, 0.1) is 0 Å². The SMILES string of the molecule is C1=CC2=S(S1)SC=C2c1ccccc1. The van der Waals surface area contributed by atoms with Crippen LogP contribution in [-0.4, -0.2) is 4.86 Å². The Morgan fingerprint density at radius 1 is 1.00 bits per heavy atom. The Morgan fingerprint density at radius 3 is 2.71 bits per heavy atom. The molecule has 0 aliphatic carbocycles. The Labute approximate surface area is 93.2 Å². The molecule has 0 spiro atoms. The van der Waals surface area contributed by atoms with Gasteiger partial charge in [-0.1, -0.05) is 60.5 Å². The third kappa shape index (κ3) is 1.40. The Morgan fingerprint density at radius 2 is 1.86 bits per heavy atom. The van der Waals surface area contributed by atoms with Crippen molar-refractivity contribution < 1.29 is 0 Å². The van der Waals surface area contributed by atoms with Gasteiger partial charge in [-0.15, -0.1) is 0 Å². The van der Waals surface area contributed by atoms with Crippen LogP contribution in [0.1, 0.15) is 5.56 Å². The van der Waals surface area contributed by atoms with Gasteiger partial charge in [0.1, 0.15) is 0 Å². The van der Waals surface area contributed by atoms with E-state index in [0.717, 1.165) is 0 Å². The standard InChI is InChI=1S/C11H8S3/c1-2-4-9(5-3-1)10-8-13-14-11(10)6-7-12-14/h1-8H. The van der Waals surface area contributed by atoms with Crippen molar-refractivity contribution in [3.05, 3.63) is 52.8 Å². The van der Waals surface area contributed by atoms with Crippen LogP contribution in [0.2, 0.25) is 0 Å². The van der Waals surface area contributed by atoms with E-state index in [0.29, 0.717) is 8.55 Å². The zero-order valence-corrected chi connectivity index (χ0v) is 9.79. The third-order valence-electron chi connectivity index (χ3n) is 2.15. The van der Waals surface area contributed by atoms with Crippen molar-refractivity contribution in [2.75, 3.05) is 0 Å². The summed E-state index contributed by atoms with van der Waals surface area (Å²) in [5, 5.41) is 4.51. The van der Waals surface area contributed by atoms with Gasteiger partial charge in [-0.05, 0) is 22.5 Å². The summed E-state index contributed by atoms with van der Waals surface area (Å²) in [6.07, 6.45) is 2.26. The lowest BCUT2D eigenvalue weighted by Gasteiger charge is -2.02. The lowest BCUT2D eigenvalue weighted by molar-refractivity contribution is 1.65. The molecule has 1 atom stereocenters. The van der Waals surface area contributed by atoms with E-state index in [4.69, 9.17) is 0 Å². The number of allylic oxidation sites excluding steroid dienone is 2. The fraction of sp³-hybridized carbons (Fsp3) is 0. The molecule has 0 amide bonds. The summed E-state index contributed by atoms with van der Waals surface area (Å²) in [5.41, 5.74) is 2.76. The van der Waals surface area contributed by atoms with Gasteiger partial charge in [0, 0.05) is 10.4 Å². The molecule has 1 unspecified atom stereocenters. The van der Waals surface area contributed by atoms with Crippen molar-refractivity contribution >= 4 is 40.6 Å². The zero-order valence-electron chi connectivity index (χ0n) is 7.34. The molecule has 14 heavy (non-hydrogen) atoms. The monoisotopic (exact) mass is 236 g/mol. The smallest absolute Gasteiger partial charge is 0.0275 e. The Hall–Kier alpha value is -0.380. The van der Waals surface area contributed by atoms with Gasteiger partial charge in [-0.25, -0.2) is 0 Å². The molecule has 0 nitrogen and oxygen atoms in total. The first-order valence-electron chi connectivity index (χ1n) is 4.33. The van der Waals surface area contributed by atoms with Crippen LogP contribution in [0.15, 0.2) is 47.2 Å². The van der Waals surface area contributed by atoms with Gasteiger partial charge >= 0.3 is 0 Å². The maximum Gasteiger partial charge on any atom is 0.0275 e. The molecule has 0 saturated carbocycles. The van der Waals surface area contributed by atoms with Crippen LogP contribution in [0.5, 0.6) is 0 Å². The zero-order chi connectivity index (χ0) is 9.38. The summed E-state index contributed by atoms with van der Waals surface area (Å²) in [4.78, 5) is 1.51. The highest BCUT2D eigenvalue weighted by atomic mass is 33.5. The molecule has 0 N–H and O–H groups in total. The molecule has 3 heteroatoms. The molecule has 2 aliphatic heterocycles. The first-order valence-corrected chi connectivity index (χ1v) is 8.35. The molecule has 0 saturated heterocycles. The van der Waals surface area contributed by atoms with Crippen LogP contribution < -0.4 is 0 Å². The van der Waals surface area contributed by atoms with Crippen molar-refractivity contribution in [3.63, 3.8) is 0 Å². The summed E-state index contributed by atoms with van der Waals surface area (Å²) in [6, 6.07) is 10.6. The average Bonchev–Trinajstić information content (AvgIpc) is 2.79. The summed E-state index contributed by atoms with van der Waals surface area (Å²) >= 11 is 0. The van der Waals surface area contributed by atoms with E-state index in [1.165, 1.54) is 16.0 Å². The van der Waals surface area contributed by atoms with Crippen LogP contribution in [0.4, 0.5) is 0 Å². The van der Waals surface area contributed by atoms with E-state index >= 15 is 0 Å². The normalized spacial score (nSPS) is 23.9. The molecule has 0 radical (unpaired) electrons. The fourth-order valence-corrected chi connectivity index (χ4v) is 6.99. The van der Waals surface area contributed by atoms with Gasteiger partial charge in [0.2, 0.25) is 0 Å². The summed E-state index contributed by atoms with van der Waals surface area (Å²) in [5.74, 6) is 0. The summed E-state index contributed by atoms with van der Waals surface area (Å²) < 4.78 is 0. The maximum absolute atomic E-state index is 2.30. The van der Waals surface area contributed by atoms with E-state index in [-0.39, 0.29) is 0 Å². The minimum atomic E-state index is 0.348. The molecule has 0 bridgehead atoms. The van der Waals surface area contributed by atoms with Crippen molar-refractivity contribution in [1.82, 2.24) is 0 Å². The topological polar surface area (TPSA) is 0 Å². The van der Waals surface area contributed by atoms with E-state index in [9.17, 15) is 0 Å². The lowest BCUT2D eigenvalue weighted by Crippen LogP contribution is -1.92. The minimum Gasteiger partial charge on any atom is -0.0622 e. The van der Waals surface area contributed by atoms with Crippen LogP contribution in [0, 0.1) is 0 Å². The highest BCUT2D eigenvalue weighted by Crippen LogP contribution is 2.56. The van der Waals surface area contributed by atoms with Gasteiger partial charge < -0.3 is 0 Å². The molecule has 2 aliphatic rings. The second-order valence-electron chi connectivity index (χ2n) is 2.99. The van der Waals surface area contributed by atoms with Gasteiger partial charge in [0.25, 0.3) is 0 Å². The van der Waals surface area contributed by atoms with E-state index in [1.54, 1.807) is 0 Å². The quantitative estimate of drug-likeness (QED) is 0.526. The van der Waals surface area contributed by atoms with Crippen LogP contribution in [-0.2, 0) is 0 Å². The first-order chi connectivity index (χ1) is 6.95. The second-order valence-corrected chi connectivity index (χ2v) is 8.58. The third-order valence-corrected chi connectivity index (χ3v) is 7.95. The molecule has 0 aromatic heterocycles. The Balaban J connectivity index is 2.06. The highest BCUT2D eigenvalue weighted by Gasteiger charge is 2.19. The van der Waals surface area contributed by atoms with Crippen LogP contribution in [0.25, 0.3) is 5.57 Å². The number of hydrogen-bond donors (Lipinski definition) is 0. The molecule has 1 aromatic carbocycles. The fourth-order valence-electron chi connectivity index (χ4n) is 1.48. The molecular formula is C11H8S3. The number of rotatable bonds is 1. The highest BCUT2D eigenvalue weighted by molar-refractivity contribution is 9.17. The predicted molar refractivity (Wildman–Crippen MR) is 71.3 cm³/mol. The van der Waals surface area contributed by atoms with E-state index in [1.807, 2.05) is 21.6 Å². The number of benzene rings is 1. The summed E-state index contributed by atoms with van der Waals surface area (Å²) in [7, 11) is 4.23. The van der Waals surface area contributed by atoms with Crippen molar-refractivity contribution in [1.29, 1.82) is 0 Å². The molecule has 70 valence electrons. The number of hydrogen-bond acceptors (Lipinski definition) is 2. The molecule has 1 aromatic rings. The van der Waals surface area contributed by atoms with E-state index < -0.39 is 0 Å². The van der Waals surface area contributed by atoms with Gasteiger partial charge in [-0.3, -0.25) is 0 Å². The largest absolute Gasteiger partial charge is 0.0622 e. The first kappa shape index (κ1) is 8.89. The average molecular weight is 236 g/mol. The van der Waals surface area contributed by atoms with Crippen molar-refractivity contribution in [2.24, 2.45) is 0 Å². The minimum absolute atomic E-state index is 0.348. The van der Waals surface area contributed by atoms with Gasteiger partial charge in [0.15, 0.2) is 0 Å². The van der Waals surface area contributed by atoms with Crippen molar-refractivity contribution in [3.8, 4) is 0 Å². The Bertz CT molecular complexity index is 455. The summed E-state index contributed by atoms with van der Waals surface area (Å²) in [6.45, 7) is 0. The van der Waals surface area contributed by atoms with Crippen molar-refractivity contribution in [2.45, 2.75) is 0 Å². The molecule has 0 fully saturated rings. The second kappa shape index (κ2) is 3.65. The predicted octanol–water partition coefficient (Wildman–Crippen LogP) is 4.31. The van der Waals surface area contributed by atoms with E-state index in [2.05, 4.69) is 47.2 Å². The molecular weight excluding hydrogens is 228 g/mol. The van der Waals surface area contributed by atoms with Crippen LogP contribution >= 0.6 is 30.1 Å². The molecule has 2 heterocycles. The van der Waals surface area contributed by atoms with Crippen LogP contribution in [0.3, 0.4) is 0 Å². The Kier molecular flexibility index (Phi) is 2.32. The molecule has 3 rings (SSSR count). The lowest BCUT2D eigenvalue weighted by atomic mass is 10.0. The maximum atomic E-state index is 2.30. The van der Waals surface area contributed by atoms with Gasteiger partial charge in [-0.2, -0.15) is 0 Å².